The molecule has 1 fully saturated rings. The van der Waals surface area contributed by atoms with E-state index in [1.54, 1.807) is 6.92 Å². The molecule has 0 saturated carbocycles. The van der Waals surface area contributed by atoms with E-state index in [9.17, 15) is 4.79 Å². The van der Waals surface area contributed by atoms with Crippen molar-refractivity contribution < 1.29 is 4.79 Å². The van der Waals surface area contributed by atoms with E-state index in [-0.39, 0.29) is 5.78 Å². The molecule has 1 saturated heterocycles. The predicted octanol–water partition coefficient (Wildman–Crippen LogP) is 2.43. The van der Waals surface area contributed by atoms with Crippen LogP contribution in [-0.2, 0) is 6.42 Å². The molecule has 1 atom stereocenters. The van der Waals surface area contributed by atoms with Gasteiger partial charge in [0.15, 0.2) is 5.78 Å². The first-order valence-corrected chi connectivity index (χ1v) is 6.06. The summed E-state index contributed by atoms with van der Waals surface area (Å²) in [6.45, 7) is 3.91. The molecule has 86 valence electrons. The van der Waals surface area contributed by atoms with Crippen molar-refractivity contribution >= 4 is 5.78 Å². The Morgan fingerprint density at radius 1 is 1.38 bits per heavy atom. The molecule has 0 spiro atoms. The van der Waals surface area contributed by atoms with Crippen LogP contribution < -0.4 is 5.32 Å². The summed E-state index contributed by atoms with van der Waals surface area (Å²) in [5, 5.41) is 3.43. The summed E-state index contributed by atoms with van der Waals surface area (Å²) >= 11 is 0. The Labute approximate surface area is 97.1 Å². The third-order valence-electron chi connectivity index (χ3n) is 3.28. The fourth-order valence-electron chi connectivity index (χ4n) is 2.31. The molecule has 2 rings (SSSR count). The van der Waals surface area contributed by atoms with Gasteiger partial charge in [0.25, 0.3) is 0 Å². The molecule has 2 nitrogen and oxygen atoms in total. The number of carbonyl (C=O) groups is 1. The average Bonchev–Trinajstić information content (AvgIpc) is 2.31. The molecule has 16 heavy (non-hydrogen) atoms. The van der Waals surface area contributed by atoms with Crippen molar-refractivity contribution in [2.45, 2.75) is 26.2 Å². The van der Waals surface area contributed by atoms with Gasteiger partial charge >= 0.3 is 0 Å². The number of carbonyl (C=O) groups excluding carboxylic acids is 1. The van der Waals surface area contributed by atoms with Gasteiger partial charge in [0.1, 0.15) is 0 Å². The number of hydrogen-bond acceptors (Lipinski definition) is 2. The highest BCUT2D eigenvalue weighted by atomic mass is 16.1. The second-order valence-corrected chi connectivity index (χ2v) is 4.67. The number of nitrogens with one attached hydrogen (secondary N) is 1. The van der Waals surface area contributed by atoms with Crippen LogP contribution >= 0.6 is 0 Å². The van der Waals surface area contributed by atoms with Gasteiger partial charge in [-0.25, -0.2) is 0 Å². The van der Waals surface area contributed by atoms with Crippen molar-refractivity contribution in [2.75, 3.05) is 13.1 Å². The average molecular weight is 217 g/mol. The van der Waals surface area contributed by atoms with E-state index in [0.717, 1.165) is 24.4 Å². The Morgan fingerprint density at radius 3 is 2.69 bits per heavy atom. The van der Waals surface area contributed by atoms with Gasteiger partial charge in [-0.2, -0.15) is 0 Å². The molecule has 0 aromatic heterocycles. The minimum atomic E-state index is 0.144. The molecule has 1 unspecified atom stereocenters. The lowest BCUT2D eigenvalue weighted by molar-refractivity contribution is 0.101. The Morgan fingerprint density at radius 2 is 2.12 bits per heavy atom. The summed E-state index contributed by atoms with van der Waals surface area (Å²) in [4.78, 5) is 11.1. The van der Waals surface area contributed by atoms with Crippen LogP contribution in [0.5, 0.6) is 0 Å². The lowest BCUT2D eigenvalue weighted by Gasteiger charge is -2.22. The van der Waals surface area contributed by atoms with Gasteiger partial charge in [-0.3, -0.25) is 4.79 Å². The smallest absolute Gasteiger partial charge is 0.159 e. The summed E-state index contributed by atoms with van der Waals surface area (Å²) < 4.78 is 0. The molecule has 0 bridgehead atoms. The first-order chi connectivity index (χ1) is 7.75. The van der Waals surface area contributed by atoms with Crippen molar-refractivity contribution in [1.29, 1.82) is 0 Å². The topological polar surface area (TPSA) is 29.1 Å². The van der Waals surface area contributed by atoms with Gasteiger partial charge in [-0.1, -0.05) is 24.3 Å². The molecule has 2 heteroatoms. The Hall–Kier alpha value is -1.15. The summed E-state index contributed by atoms with van der Waals surface area (Å²) in [7, 11) is 0. The third kappa shape index (κ3) is 2.92. The fourth-order valence-corrected chi connectivity index (χ4v) is 2.31. The van der Waals surface area contributed by atoms with Gasteiger partial charge in [0.05, 0.1) is 0 Å². The molecule has 1 aromatic carbocycles. The zero-order chi connectivity index (χ0) is 11.4. The molecular formula is C14H19NO. The Balaban J connectivity index is 1.96. The number of benzene rings is 1. The minimum Gasteiger partial charge on any atom is -0.316 e. The minimum absolute atomic E-state index is 0.144. The standard InChI is InChI=1S/C14H19NO/c1-11(16)14-6-4-12(5-7-14)9-13-3-2-8-15-10-13/h4-7,13,15H,2-3,8-10H2,1H3. The zero-order valence-electron chi connectivity index (χ0n) is 9.83. The van der Waals surface area contributed by atoms with E-state index >= 15 is 0 Å². The maximum atomic E-state index is 11.1. The zero-order valence-corrected chi connectivity index (χ0v) is 9.83. The van der Waals surface area contributed by atoms with Crippen LogP contribution in [0.3, 0.4) is 0 Å². The maximum absolute atomic E-state index is 11.1. The van der Waals surface area contributed by atoms with Crippen molar-refractivity contribution in [3.05, 3.63) is 35.4 Å². The lowest BCUT2D eigenvalue weighted by Crippen LogP contribution is -2.30. The molecule has 1 heterocycles. The number of piperidine rings is 1. The van der Waals surface area contributed by atoms with Crippen LogP contribution in [0.2, 0.25) is 0 Å². The number of Topliss-reactive ketones (excluding diaryl/α,β-unsaturated/α-hetero) is 1. The number of ketones is 1. The van der Waals surface area contributed by atoms with Gasteiger partial charge in [0.2, 0.25) is 0 Å². The fraction of sp³-hybridized carbons (Fsp3) is 0.500. The number of hydrogen-bond donors (Lipinski definition) is 1. The second-order valence-electron chi connectivity index (χ2n) is 4.67. The highest BCUT2D eigenvalue weighted by Gasteiger charge is 2.13. The van der Waals surface area contributed by atoms with E-state index in [2.05, 4.69) is 17.4 Å². The highest BCUT2D eigenvalue weighted by Crippen LogP contribution is 2.16. The van der Waals surface area contributed by atoms with Crippen molar-refractivity contribution in [3.8, 4) is 0 Å². The molecule has 0 radical (unpaired) electrons. The largest absolute Gasteiger partial charge is 0.316 e. The Bertz CT molecular complexity index is 350. The van der Waals surface area contributed by atoms with E-state index < -0.39 is 0 Å². The van der Waals surface area contributed by atoms with Crippen LogP contribution in [0.15, 0.2) is 24.3 Å². The predicted molar refractivity (Wildman–Crippen MR) is 65.7 cm³/mol. The summed E-state index contributed by atoms with van der Waals surface area (Å²) in [5.41, 5.74) is 2.16. The van der Waals surface area contributed by atoms with Gasteiger partial charge in [0, 0.05) is 5.56 Å². The van der Waals surface area contributed by atoms with Crippen LogP contribution in [0.25, 0.3) is 0 Å². The van der Waals surface area contributed by atoms with Gasteiger partial charge in [-0.05, 0) is 50.8 Å². The van der Waals surface area contributed by atoms with Crippen molar-refractivity contribution in [3.63, 3.8) is 0 Å². The van der Waals surface area contributed by atoms with E-state index in [1.165, 1.54) is 24.9 Å². The second kappa shape index (κ2) is 5.26. The SMILES string of the molecule is CC(=O)c1ccc(CC2CCCNC2)cc1. The molecule has 1 N–H and O–H groups in total. The molecule has 0 amide bonds. The van der Waals surface area contributed by atoms with Gasteiger partial charge in [-0.15, -0.1) is 0 Å². The van der Waals surface area contributed by atoms with Crippen LogP contribution in [0, 0.1) is 5.92 Å². The number of rotatable bonds is 3. The van der Waals surface area contributed by atoms with Crippen molar-refractivity contribution in [1.82, 2.24) is 5.32 Å². The first kappa shape index (κ1) is 11.3. The van der Waals surface area contributed by atoms with E-state index in [1.807, 2.05) is 12.1 Å². The third-order valence-corrected chi connectivity index (χ3v) is 3.28. The van der Waals surface area contributed by atoms with E-state index in [0.29, 0.717) is 0 Å². The monoisotopic (exact) mass is 217 g/mol. The van der Waals surface area contributed by atoms with Crippen molar-refractivity contribution in [2.24, 2.45) is 5.92 Å². The molecule has 1 aliphatic heterocycles. The van der Waals surface area contributed by atoms with Crippen LogP contribution in [-0.4, -0.2) is 18.9 Å². The first-order valence-electron chi connectivity index (χ1n) is 6.06. The molecule has 0 aliphatic carbocycles. The van der Waals surface area contributed by atoms with Gasteiger partial charge < -0.3 is 5.32 Å². The highest BCUT2D eigenvalue weighted by molar-refractivity contribution is 5.93. The maximum Gasteiger partial charge on any atom is 0.159 e. The summed E-state index contributed by atoms with van der Waals surface area (Å²) in [6.07, 6.45) is 3.74. The van der Waals surface area contributed by atoms with Crippen LogP contribution in [0.1, 0.15) is 35.7 Å². The molecule has 1 aromatic rings. The summed E-state index contributed by atoms with van der Waals surface area (Å²) in [5.74, 6) is 0.905. The summed E-state index contributed by atoms with van der Waals surface area (Å²) in [6, 6.07) is 8.05. The van der Waals surface area contributed by atoms with Crippen LogP contribution in [0.4, 0.5) is 0 Å². The Kier molecular flexibility index (Phi) is 3.73. The molecule has 1 aliphatic rings. The normalized spacial score (nSPS) is 20.7. The van der Waals surface area contributed by atoms with E-state index in [4.69, 9.17) is 0 Å². The quantitative estimate of drug-likeness (QED) is 0.788. The molecular weight excluding hydrogens is 198 g/mol. The lowest BCUT2D eigenvalue weighted by atomic mass is 9.92.